The second-order valence-corrected chi connectivity index (χ2v) is 9.97. The average Bonchev–Trinajstić information content (AvgIpc) is 2.81. The number of pyridine rings is 1. The van der Waals surface area contributed by atoms with Crippen molar-refractivity contribution in [2.75, 3.05) is 31.6 Å². The van der Waals surface area contributed by atoms with Crippen molar-refractivity contribution in [3.8, 4) is 5.75 Å². The Bertz CT molecular complexity index is 1250. The SMILES string of the molecule is CCCNS(=O)(=O)c1ccc(OCC(=O)NCCCNc2ccnc3cc(Cl)ccc23)c(C)c1. The molecule has 1 aromatic heterocycles. The van der Waals surface area contributed by atoms with Crippen LogP contribution in [0.15, 0.2) is 53.6 Å². The lowest BCUT2D eigenvalue weighted by Crippen LogP contribution is -2.30. The number of aryl methyl sites for hydroxylation is 1. The topological polar surface area (TPSA) is 109 Å². The number of fused-ring (bicyclic) bond motifs is 1. The Morgan fingerprint density at radius 2 is 1.91 bits per heavy atom. The molecule has 3 aromatic rings. The molecule has 0 saturated heterocycles. The minimum atomic E-state index is -3.54. The van der Waals surface area contributed by atoms with E-state index in [0.29, 0.717) is 42.4 Å². The van der Waals surface area contributed by atoms with Gasteiger partial charge in [0.1, 0.15) is 5.75 Å². The zero-order valence-electron chi connectivity index (χ0n) is 19.2. The van der Waals surface area contributed by atoms with Gasteiger partial charge >= 0.3 is 0 Å². The summed E-state index contributed by atoms with van der Waals surface area (Å²) in [6.07, 6.45) is 3.16. The number of nitrogens with zero attached hydrogens (tertiary/aromatic N) is 1. The molecule has 0 aliphatic carbocycles. The standard InChI is InChI=1S/C24H29ClN4O4S/c1-3-10-29-34(31,32)19-6-8-23(17(2)14-19)33-16-24(30)28-12-4-11-26-21-9-13-27-22-15-18(25)5-7-20(21)22/h5-9,13-15,29H,3-4,10-12,16H2,1-2H3,(H,26,27)(H,28,30). The van der Waals surface area contributed by atoms with Gasteiger partial charge in [0.15, 0.2) is 6.61 Å². The van der Waals surface area contributed by atoms with E-state index >= 15 is 0 Å². The zero-order valence-corrected chi connectivity index (χ0v) is 20.8. The smallest absolute Gasteiger partial charge is 0.257 e. The van der Waals surface area contributed by atoms with E-state index in [1.165, 1.54) is 12.1 Å². The maximum atomic E-state index is 12.2. The van der Waals surface area contributed by atoms with E-state index in [1.54, 1.807) is 19.2 Å². The second kappa shape index (κ2) is 12.0. The Labute approximate surface area is 205 Å². The van der Waals surface area contributed by atoms with Crippen molar-refractivity contribution in [1.29, 1.82) is 0 Å². The van der Waals surface area contributed by atoms with Gasteiger partial charge in [-0.2, -0.15) is 0 Å². The van der Waals surface area contributed by atoms with Crippen LogP contribution in [0.5, 0.6) is 5.75 Å². The summed E-state index contributed by atoms with van der Waals surface area (Å²) in [5.41, 5.74) is 2.42. The van der Waals surface area contributed by atoms with Crippen LogP contribution in [0.4, 0.5) is 5.69 Å². The van der Waals surface area contributed by atoms with Crippen LogP contribution in [0.3, 0.4) is 0 Å². The highest BCUT2D eigenvalue weighted by atomic mass is 35.5. The lowest BCUT2D eigenvalue weighted by molar-refractivity contribution is -0.123. The largest absolute Gasteiger partial charge is 0.484 e. The minimum Gasteiger partial charge on any atom is -0.484 e. The summed E-state index contributed by atoms with van der Waals surface area (Å²) >= 11 is 6.02. The molecule has 3 N–H and O–H groups in total. The van der Waals surface area contributed by atoms with Gasteiger partial charge in [-0.1, -0.05) is 18.5 Å². The lowest BCUT2D eigenvalue weighted by Gasteiger charge is -2.12. The van der Waals surface area contributed by atoms with Gasteiger partial charge in [-0.3, -0.25) is 9.78 Å². The summed E-state index contributed by atoms with van der Waals surface area (Å²) in [7, 11) is -3.54. The van der Waals surface area contributed by atoms with Gasteiger partial charge in [0.2, 0.25) is 10.0 Å². The van der Waals surface area contributed by atoms with Crippen molar-refractivity contribution in [3.63, 3.8) is 0 Å². The van der Waals surface area contributed by atoms with Gasteiger partial charge in [0, 0.05) is 41.9 Å². The van der Waals surface area contributed by atoms with Crippen LogP contribution in [0.1, 0.15) is 25.3 Å². The monoisotopic (exact) mass is 504 g/mol. The van der Waals surface area contributed by atoms with Crippen molar-refractivity contribution in [2.24, 2.45) is 0 Å². The van der Waals surface area contributed by atoms with E-state index in [1.807, 2.05) is 31.2 Å². The molecule has 8 nitrogen and oxygen atoms in total. The number of hydrogen-bond acceptors (Lipinski definition) is 6. The van der Waals surface area contributed by atoms with Crippen molar-refractivity contribution < 1.29 is 17.9 Å². The molecule has 0 unspecified atom stereocenters. The summed E-state index contributed by atoms with van der Waals surface area (Å²) in [4.78, 5) is 16.6. The van der Waals surface area contributed by atoms with Crippen molar-refractivity contribution in [1.82, 2.24) is 15.0 Å². The summed E-state index contributed by atoms with van der Waals surface area (Å²) in [6, 6.07) is 12.1. The van der Waals surface area contributed by atoms with E-state index < -0.39 is 10.0 Å². The first-order chi connectivity index (χ1) is 16.3. The minimum absolute atomic E-state index is 0.149. The van der Waals surface area contributed by atoms with E-state index in [2.05, 4.69) is 20.3 Å². The molecule has 1 heterocycles. The molecule has 0 bridgehead atoms. The number of rotatable bonds is 12. The highest BCUT2D eigenvalue weighted by Gasteiger charge is 2.15. The zero-order chi connectivity index (χ0) is 24.6. The normalized spacial score (nSPS) is 11.4. The van der Waals surface area contributed by atoms with Crippen LogP contribution in [-0.2, 0) is 14.8 Å². The van der Waals surface area contributed by atoms with Gasteiger partial charge in [0.05, 0.1) is 10.4 Å². The third kappa shape index (κ3) is 7.06. The van der Waals surface area contributed by atoms with Gasteiger partial charge in [-0.25, -0.2) is 13.1 Å². The average molecular weight is 505 g/mol. The molecular formula is C24H29ClN4O4S. The molecular weight excluding hydrogens is 476 g/mol. The number of ether oxygens (including phenoxy) is 1. The van der Waals surface area contributed by atoms with Crippen molar-refractivity contribution in [2.45, 2.75) is 31.6 Å². The molecule has 0 spiro atoms. The molecule has 182 valence electrons. The van der Waals surface area contributed by atoms with E-state index in [9.17, 15) is 13.2 Å². The van der Waals surface area contributed by atoms with Gasteiger partial charge in [-0.15, -0.1) is 0 Å². The fourth-order valence-corrected chi connectivity index (χ4v) is 4.66. The van der Waals surface area contributed by atoms with Gasteiger partial charge in [0.25, 0.3) is 5.91 Å². The van der Waals surface area contributed by atoms with E-state index in [0.717, 1.165) is 23.0 Å². The molecule has 0 atom stereocenters. The molecule has 0 radical (unpaired) electrons. The summed E-state index contributed by atoms with van der Waals surface area (Å²) in [5, 5.41) is 7.81. The van der Waals surface area contributed by atoms with Crippen molar-refractivity contribution in [3.05, 3.63) is 59.2 Å². The Morgan fingerprint density at radius 1 is 1.09 bits per heavy atom. The first-order valence-electron chi connectivity index (χ1n) is 11.1. The number of benzene rings is 2. The predicted octanol–water partition coefficient (Wildman–Crippen LogP) is 3.88. The highest BCUT2D eigenvalue weighted by molar-refractivity contribution is 7.89. The third-order valence-electron chi connectivity index (χ3n) is 5.05. The molecule has 34 heavy (non-hydrogen) atoms. The maximum absolute atomic E-state index is 12.2. The number of carbonyl (C=O) groups excluding carboxylic acids is 1. The van der Waals surface area contributed by atoms with Crippen LogP contribution >= 0.6 is 11.6 Å². The van der Waals surface area contributed by atoms with Crippen LogP contribution in [0.25, 0.3) is 10.9 Å². The fraction of sp³-hybridized carbons (Fsp3) is 0.333. The van der Waals surface area contributed by atoms with E-state index in [4.69, 9.17) is 16.3 Å². The quantitative estimate of drug-likeness (QED) is 0.323. The Kier molecular flexibility index (Phi) is 9.09. The summed E-state index contributed by atoms with van der Waals surface area (Å²) in [5.74, 6) is 0.223. The fourth-order valence-electron chi connectivity index (χ4n) is 3.28. The predicted molar refractivity (Wildman–Crippen MR) is 135 cm³/mol. The van der Waals surface area contributed by atoms with Gasteiger partial charge < -0.3 is 15.4 Å². The molecule has 0 aliphatic heterocycles. The number of anilines is 1. The molecule has 0 fully saturated rings. The lowest BCUT2D eigenvalue weighted by atomic mass is 10.2. The molecule has 0 saturated carbocycles. The summed E-state index contributed by atoms with van der Waals surface area (Å²) in [6.45, 7) is 5.03. The van der Waals surface area contributed by atoms with Crippen LogP contribution in [-0.4, -0.2) is 45.6 Å². The number of amides is 1. The van der Waals surface area contributed by atoms with Crippen molar-refractivity contribution >= 4 is 44.1 Å². The number of nitrogens with one attached hydrogen (secondary N) is 3. The molecule has 0 aliphatic rings. The number of aromatic nitrogens is 1. The van der Waals surface area contributed by atoms with Crippen LogP contribution in [0, 0.1) is 6.92 Å². The second-order valence-electron chi connectivity index (χ2n) is 7.76. The van der Waals surface area contributed by atoms with Gasteiger partial charge in [-0.05, 0) is 67.8 Å². The third-order valence-corrected chi connectivity index (χ3v) is 6.75. The number of hydrogen-bond donors (Lipinski definition) is 3. The van der Waals surface area contributed by atoms with Crippen LogP contribution < -0.4 is 20.1 Å². The molecule has 1 amide bonds. The number of sulfonamides is 1. The first-order valence-corrected chi connectivity index (χ1v) is 12.9. The first kappa shape index (κ1) is 25.7. The molecule has 10 heteroatoms. The number of halogens is 1. The Hall–Kier alpha value is -2.88. The molecule has 3 rings (SSSR count). The molecule has 2 aromatic carbocycles. The summed E-state index contributed by atoms with van der Waals surface area (Å²) < 4.78 is 32.6. The Morgan fingerprint density at radius 3 is 2.68 bits per heavy atom. The highest BCUT2D eigenvalue weighted by Crippen LogP contribution is 2.24. The Balaban J connectivity index is 1.41. The van der Waals surface area contributed by atoms with Crippen LogP contribution in [0.2, 0.25) is 5.02 Å². The van der Waals surface area contributed by atoms with E-state index in [-0.39, 0.29) is 17.4 Å². The number of carbonyl (C=O) groups is 1. The maximum Gasteiger partial charge on any atom is 0.257 e.